The molecule has 0 aliphatic heterocycles. The lowest BCUT2D eigenvalue weighted by molar-refractivity contribution is 0.0994. The number of benzene rings is 2. The van der Waals surface area contributed by atoms with Crippen LogP contribution >= 0.6 is 0 Å². The number of nitrogens with zero attached hydrogens (tertiary/aromatic N) is 5. The fourth-order valence-electron chi connectivity index (χ4n) is 3.72. The number of hydrogen-bond acceptors (Lipinski definition) is 9. The van der Waals surface area contributed by atoms with Crippen LogP contribution in [0.25, 0.3) is 21.8 Å². The van der Waals surface area contributed by atoms with Crippen LogP contribution in [0.4, 0.5) is 11.4 Å². The maximum absolute atomic E-state index is 12.6. The number of H-pyrrole nitrogens is 2. The highest BCUT2D eigenvalue weighted by Crippen LogP contribution is 2.38. The molecule has 5 rings (SSSR count). The molecule has 2 amide bonds. The Balaban J connectivity index is 1.38. The third kappa shape index (κ3) is 4.51. The van der Waals surface area contributed by atoms with Gasteiger partial charge in [0, 0.05) is 23.2 Å². The molecule has 0 aliphatic carbocycles. The smallest absolute Gasteiger partial charge is 0.296 e. The van der Waals surface area contributed by atoms with Gasteiger partial charge in [-0.3, -0.25) is 14.6 Å². The van der Waals surface area contributed by atoms with Gasteiger partial charge >= 0.3 is 0 Å². The van der Waals surface area contributed by atoms with Gasteiger partial charge in [0.2, 0.25) is 11.8 Å². The standard InChI is InChI=1S/C25H19N7O6/c1-37-14-3-5-18-16(8-14)20(24(35)27-18)29-31-22(33)12-7-13(11-26-10-12)23(34)32-30-21-17-9-15(38-2)4-6-19(17)28-25(21)36/h3-11,27-28,35-36H,1-2H3. The van der Waals surface area contributed by atoms with E-state index in [0.29, 0.717) is 33.3 Å². The molecule has 0 radical (unpaired) electrons. The third-order valence-electron chi connectivity index (χ3n) is 5.63. The first kappa shape index (κ1) is 24.1. The van der Waals surface area contributed by atoms with Gasteiger partial charge in [0.15, 0.2) is 11.4 Å². The van der Waals surface area contributed by atoms with Gasteiger partial charge in [0.25, 0.3) is 11.8 Å². The van der Waals surface area contributed by atoms with Crippen LogP contribution in [0.15, 0.2) is 75.3 Å². The number of methoxy groups -OCH3 is 2. The average molecular weight is 513 g/mol. The molecule has 0 aliphatic rings. The Morgan fingerprint density at radius 2 is 1.18 bits per heavy atom. The Morgan fingerprint density at radius 1 is 0.737 bits per heavy atom. The molecule has 0 spiro atoms. The topological polar surface area (TPSA) is 187 Å². The molecule has 0 saturated carbocycles. The number of carbonyl (C=O) groups excluding carboxylic acids is 2. The first-order chi connectivity index (χ1) is 18.4. The van der Waals surface area contributed by atoms with E-state index in [9.17, 15) is 19.8 Å². The summed E-state index contributed by atoms with van der Waals surface area (Å²) < 4.78 is 10.4. The van der Waals surface area contributed by atoms with E-state index in [4.69, 9.17) is 9.47 Å². The fourth-order valence-corrected chi connectivity index (χ4v) is 3.72. The minimum atomic E-state index is -0.804. The van der Waals surface area contributed by atoms with Crippen molar-refractivity contribution in [1.82, 2.24) is 15.0 Å². The molecule has 13 heteroatoms. The van der Waals surface area contributed by atoms with E-state index in [1.54, 1.807) is 36.4 Å². The lowest BCUT2D eigenvalue weighted by atomic mass is 10.2. The van der Waals surface area contributed by atoms with Crippen molar-refractivity contribution < 1.29 is 29.3 Å². The van der Waals surface area contributed by atoms with Crippen molar-refractivity contribution in [3.05, 3.63) is 66.0 Å². The maximum atomic E-state index is 12.6. The van der Waals surface area contributed by atoms with Crippen LogP contribution in [0, 0.1) is 0 Å². The second-order valence-corrected chi connectivity index (χ2v) is 7.94. The van der Waals surface area contributed by atoms with Crippen molar-refractivity contribution in [2.24, 2.45) is 20.5 Å². The van der Waals surface area contributed by atoms with Crippen molar-refractivity contribution in [3.63, 3.8) is 0 Å². The van der Waals surface area contributed by atoms with Gasteiger partial charge in [-0.05, 0) is 42.5 Å². The van der Waals surface area contributed by atoms with Gasteiger partial charge in [-0.2, -0.15) is 0 Å². The summed E-state index contributed by atoms with van der Waals surface area (Å²) in [6.07, 6.45) is 2.43. The number of pyridine rings is 1. The maximum Gasteiger partial charge on any atom is 0.296 e. The monoisotopic (exact) mass is 513 g/mol. The van der Waals surface area contributed by atoms with Crippen LogP contribution in [-0.4, -0.2) is 51.2 Å². The lowest BCUT2D eigenvalue weighted by Crippen LogP contribution is -2.01. The van der Waals surface area contributed by atoms with Crippen molar-refractivity contribution in [3.8, 4) is 23.3 Å². The quantitative estimate of drug-likeness (QED) is 0.221. The molecular weight excluding hydrogens is 494 g/mol. The summed E-state index contributed by atoms with van der Waals surface area (Å²) in [6, 6.07) is 11.3. The number of amides is 2. The van der Waals surface area contributed by atoms with E-state index < -0.39 is 11.8 Å². The number of ether oxygens (including phenoxy) is 2. The minimum Gasteiger partial charge on any atom is -0.497 e. The minimum absolute atomic E-state index is 0.0358. The molecule has 5 aromatic rings. The van der Waals surface area contributed by atoms with Gasteiger partial charge in [0.05, 0.1) is 36.4 Å². The van der Waals surface area contributed by atoms with E-state index in [1.807, 2.05) is 0 Å². The van der Waals surface area contributed by atoms with Crippen LogP contribution < -0.4 is 9.47 Å². The van der Waals surface area contributed by atoms with Gasteiger partial charge in [-0.15, -0.1) is 20.5 Å². The molecule has 0 saturated heterocycles. The summed E-state index contributed by atoms with van der Waals surface area (Å²) >= 11 is 0. The van der Waals surface area contributed by atoms with Crippen LogP contribution in [0.1, 0.15) is 20.7 Å². The molecule has 13 nitrogen and oxygen atoms in total. The molecule has 0 fully saturated rings. The Labute approximate surface area is 213 Å². The van der Waals surface area contributed by atoms with Crippen LogP contribution in [0.2, 0.25) is 0 Å². The largest absolute Gasteiger partial charge is 0.497 e. The summed E-state index contributed by atoms with van der Waals surface area (Å²) in [7, 11) is 3.00. The molecule has 3 aromatic heterocycles. The summed E-state index contributed by atoms with van der Waals surface area (Å²) in [6.45, 7) is 0. The van der Waals surface area contributed by atoms with Gasteiger partial charge in [0.1, 0.15) is 11.5 Å². The first-order valence-electron chi connectivity index (χ1n) is 11.0. The Hall–Kier alpha value is -5.59. The van der Waals surface area contributed by atoms with Crippen LogP contribution in [-0.2, 0) is 0 Å². The van der Waals surface area contributed by atoms with Crippen LogP contribution in [0.3, 0.4) is 0 Å². The summed E-state index contributed by atoms with van der Waals surface area (Å²) in [5, 5.41) is 36.5. The SMILES string of the molecule is COc1ccc2[nH]c(O)c(N=NC(=O)c3cncc(C(=O)N=Nc4c(O)[nH]c5ccc(OC)cc45)c3)c2c1. The molecule has 190 valence electrons. The van der Waals surface area contributed by atoms with Crippen LogP contribution in [0.5, 0.6) is 23.3 Å². The van der Waals surface area contributed by atoms with Gasteiger partial charge in [-0.1, -0.05) is 0 Å². The normalized spacial score (nSPS) is 11.6. The van der Waals surface area contributed by atoms with Gasteiger partial charge in [-0.25, -0.2) is 0 Å². The zero-order valence-electron chi connectivity index (χ0n) is 20.0. The second-order valence-electron chi connectivity index (χ2n) is 7.94. The number of hydrogen-bond donors (Lipinski definition) is 4. The van der Waals surface area contributed by atoms with E-state index in [0.717, 1.165) is 0 Å². The molecule has 0 atom stereocenters. The number of nitrogens with one attached hydrogen (secondary N) is 2. The molecule has 38 heavy (non-hydrogen) atoms. The second kappa shape index (κ2) is 9.81. The number of azo groups is 2. The van der Waals surface area contributed by atoms with Crippen molar-refractivity contribution in [2.45, 2.75) is 0 Å². The van der Waals surface area contributed by atoms with E-state index in [1.165, 1.54) is 32.7 Å². The highest BCUT2D eigenvalue weighted by molar-refractivity contribution is 6.01. The number of aromatic amines is 2. The van der Waals surface area contributed by atoms with Crippen molar-refractivity contribution >= 4 is 45.0 Å². The molecule has 4 N–H and O–H groups in total. The number of aromatic nitrogens is 3. The van der Waals surface area contributed by atoms with E-state index >= 15 is 0 Å². The number of rotatable bonds is 6. The Kier molecular flexibility index (Phi) is 6.23. The predicted molar refractivity (Wildman–Crippen MR) is 135 cm³/mol. The molecular formula is C25H19N7O6. The predicted octanol–water partition coefficient (Wildman–Crippen LogP) is 5.32. The zero-order chi connectivity index (χ0) is 26.8. The summed E-state index contributed by atoms with van der Waals surface area (Å²) in [5.41, 5.74) is 1.18. The average Bonchev–Trinajstić information content (AvgIpc) is 3.43. The number of aromatic hydroxyl groups is 2. The lowest BCUT2D eigenvalue weighted by Gasteiger charge is -1.99. The zero-order valence-corrected chi connectivity index (χ0v) is 20.0. The molecule has 2 aromatic carbocycles. The van der Waals surface area contributed by atoms with E-state index in [2.05, 4.69) is 35.4 Å². The summed E-state index contributed by atoms with van der Waals surface area (Å²) in [4.78, 5) is 34.7. The molecule has 0 unspecified atom stereocenters. The van der Waals surface area contributed by atoms with Crippen molar-refractivity contribution in [1.29, 1.82) is 0 Å². The number of carbonyl (C=O) groups is 2. The highest BCUT2D eigenvalue weighted by Gasteiger charge is 2.16. The molecule has 0 bridgehead atoms. The first-order valence-corrected chi connectivity index (χ1v) is 11.0. The summed E-state index contributed by atoms with van der Waals surface area (Å²) in [5.74, 6) is -1.09. The highest BCUT2D eigenvalue weighted by atomic mass is 16.5. The van der Waals surface area contributed by atoms with E-state index in [-0.39, 0.29) is 34.3 Å². The molecule has 3 heterocycles. The Bertz CT molecular complexity index is 1640. The van der Waals surface area contributed by atoms with Gasteiger partial charge < -0.3 is 29.7 Å². The van der Waals surface area contributed by atoms with Crippen molar-refractivity contribution in [2.75, 3.05) is 14.2 Å². The Morgan fingerprint density at radius 3 is 1.61 bits per heavy atom. The third-order valence-corrected chi connectivity index (χ3v) is 5.63. The fraction of sp³-hybridized carbons (Fsp3) is 0.0800. The number of fused-ring (bicyclic) bond motifs is 2.